The summed E-state index contributed by atoms with van der Waals surface area (Å²) in [5.74, 6) is 0.781. The number of hydrogen-bond donors (Lipinski definition) is 0. The Morgan fingerprint density at radius 3 is 2.85 bits per heavy atom. The molecule has 0 radical (unpaired) electrons. The summed E-state index contributed by atoms with van der Waals surface area (Å²) in [6.45, 7) is 0.740. The molecule has 2 heterocycles. The quantitative estimate of drug-likeness (QED) is 0.867. The summed E-state index contributed by atoms with van der Waals surface area (Å²) in [5, 5.41) is 4.95. The van der Waals surface area contributed by atoms with Gasteiger partial charge in [-0.15, -0.1) is 0 Å². The maximum atomic E-state index is 12.3. The normalized spacial score (nSPS) is 16.4. The molecule has 1 aliphatic heterocycles. The topological polar surface area (TPSA) is 63.4 Å². The van der Waals surface area contributed by atoms with Crippen molar-refractivity contribution in [2.45, 2.75) is 13.0 Å². The van der Waals surface area contributed by atoms with Crippen molar-refractivity contribution in [1.82, 2.24) is 9.46 Å². The molecular formula is C14H14N2O3S. The minimum absolute atomic E-state index is 0.320. The van der Waals surface area contributed by atoms with Gasteiger partial charge in [0.1, 0.15) is 5.76 Å². The van der Waals surface area contributed by atoms with Gasteiger partial charge in [0.2, 0.25) is 10.0 Å². The zero-order valence-corrected chi connectivity index (χ0v) is 11.6. The summed E-state index contributed by atoms with van der Waals surface area (Å²) in [5.41, 5.74) is 1.70. The van der Waals surface area contributed by atoms with Crippen LogP contribution < -0.4 is 0 Å². The van der Waals surface area contributed by atoms with Gasteiger partial charge in [-0.05, 0) is 11.6 Å². The first-order chi connectivity index (χ1) is 9.65. The first-order valence-electron chi connectivity index (χ1n) is 6.31. The molecule has 0 saturated carbocycles. The molecule has 0 fully saturated rings. The van der Waals surface area contributed by atoms with Crippen LogP contribution in [-0.4, -0.2) is 24.4 Å². The van der Waals surface area contributed by atoms with Crippen LogP contribution in [0.15, 0.2) is 46.5 Å². The van der Waals surface area contributed by atoms with E-state index in [2.05, 4.69) is 5.16 Å². The van der Waals surface area contributed by atoms with Gasteiger partial charge in [-0.3, -0.25) is 0 Å². The third-order valence-electron chi connectivity index (χ3n) is 3.26. The van der Waals surface area contributed by atoms with Gasteiger partial charge in [-0.1, -0.05) is 35.5 Å². The second kappa shape index (κ2) is 5.22. The fraction of sp³-hybridized carbons (Fsp3) is 0.214. The van der Waals surface area contributed by atoms with E-state index in [1.54, 1.807) is 12.3 Å². The molecule has 0 amide bonds. The van der Waals surface area contributed by atoms with E-state index < -0.39 is 10.0 Å². The van der Waals surface area contributed by atoms with E-state index in [0.717, 1.165) is 16.9 Å². The average molecular weight is 290 g/mol. The van der Waals surface area contributed by atoms with Gasteiger partial charge in [-0.25, -0.2) is 8.42 Å². The van der Waals surface area contributed by atoms with Crippen molar-refractivity contribution in [2.75, 3.05) is 6.54 Å². The Bertz CT molecular complexity index is 720. The van der Waals surface area contributed by atoms with Crippen LogP contribution in [0.1, 0.15) is 16.9 Å². The van der Waals surface area contributed by atoms with Crippen molar-refractivity contribution in [3.63, 3.8) is 0 Å². The molecule has 0 spiro atoms. The Morgan fingerprint density at radius 1 is 1.25 bits per heavy atom. The SMILES string of the molecule is O=S(=O)(/C=C/c1ccccc1)N1CCc2oncc2C1. The van der Waals surface area contributed by atoms with Gasteiger partial charge >= 0.3 is 0 Å². The van der Waals surface area contributed by atoms with Crippen LogP contribution in [0.25, 0.3) is 6.08 Å². The lowest BCUT2D eigenvalue weighted by Crippen LogP contribution is -2.34. The number of benzene rings is 1. The highest BCUT2D eigenvalue weighted by Gasteiger charge is 2.26. The van der Waals surface area contributed by atoms with Crippen molar-refractivity contribution >= 4 is 16.1 Å². The van der Waals surface area contributed by atoms with Crippen molar-refractivity contribution < 1.29 is 12.9 Å². The molecule has 0 unspecified atom stereocenters. The lowest BCUT2D eigenvalue weighted by molar-refractivity contribution is 0.333. The smallest absolute Gasteiger partial charge is 0.236 e. The van der Waals surface area contributed by atoms with Crippen LogP contribution in [-0.2, 0) is 23.0 Å². The molecule has 104 valence electrons. The van der Waals surface area contributed by atoms with Crippen molar-refractivity contribution in [3.05, 3.63) is 58.8 Å². The molecule has 3 rings (SSSR count). The van der Waals surface area contributed by atoms with E-state index in [0.29, 0.717) is 19.5 Å². The van der Waals surface area contributed by atoms with E-state index in [-0.39, 0.29) is 0 Å². The predicted octanol–water partition coefficient (Wildman–Crippen LogP) is 2.03. The Kier molecular flexibility index (Phi) is 3.42. The molecule has 0 aliphatic carbocycles. The summed E-state index contributed by atoms with van der Waals surface area (Å²) in [7, 11) is -3.42. The molecule has 6 heteroatoms. The van der Waals surface area contributed by atoms with Crippen molar-refractivity contribution in [2.24, 2.45) is 0 Å². The lowest BCUT2D eigenvalue weighted by atomic mass is 10.1. The summed E-state index contributed by atoms with van der Waals surface area (Å²) in [6, 6.07) is 9.36. The van der Waals surface area contributed by atoms with Gasteiger partial charge < -0.3 is 4.52 Å². The molecule has 0 bridgehead atoms. The first kappa shape index (κ1) is 13.1. The van der Waals surface area contributed by atoms with E-state index in [1.807, 2.05) is 30.3 Å². The molecule has 1 aromatic carbocycles. The van der Waals surface area contributed by atoms with Gasteiger partial charge in [0.05, 0.1) is 6.20 Å². The zero-order valence-electron chi connectivity index (χ0n) is 10.8. The molecule has 5 nitrogen and oxygen atoms in total. The number of fused-ring (bicyclic) bond motifs is 1. The highest BCUT2D eigenvalue weighted by molar-refractivity contribution is 7.92. The Morgan fingerprint density at radius 2 is 2.05 bits per heavy atom. The van der Waals surface area contributed by atoms with Gasteiger partial charge in [0.25, 0.3) is 0 Å². The van der Waals surface area contributed by atoms with Crippen LogP contribution in [0.2, 0.25) is 0 Å². The van der Waals surface area contributed by atoms with Crippen LogP contribution in [0, 0.1) is 0 Å². The van der Waals surface area contributed by atoms with Gasteiger partial charge in [-0.2, -0.15) is 4.31 Å². The van der Waals surface area contributed by atoms with Crippen LogP contribution in [0.3, 0.4) is 0 Å². The lowest BCUT2D eigenvalue weighted by Gasteiger charge is -2.23. The second-order valence-electron chi connectivity index (χ2n) is 4.62. The van der Waals surface area contributed by atoms with E-state index in [1.165, 1.54) is 9.71 Å². The molecule has 20 heavy (non-hydrogen) atoms. The van der Waals surface area contributed by atoms with Crippen LogP contribution >= 0.6 is 0 Å². The summed E-state index contributed by atoms with van der Waals surface area (Å²) in [6.07, 6.45) is 3.75. The molecular weight excluding hydrogens is 276 g/mol. The fourth-order valence-electron chi connectivity index (χ4n) is 2.15. The maximum absolute atomic E-state index is 12.3. The van der Waals surface area contributed by atoms with E-state index >= 15 is 0 Å². The molecule has 0 saturated heterocycles. The third kappa shape index (κ3) is 2.66. The van der Waals surface area contributed by atoms with E-state index in [4.69, 9.17) is 4.52 Å². The van der Waals surface area contributed by atoms with Crippen molar-refractivity contribution in [3.8, 4) is 0 Å². The Labute approximate surface area is 117 Å². The summed E-state index contributed by atoms with van der Waals surface area (Å²) < 4.78 is 31.1. The maximum Gasteiger partial charge on any atom is 0.236 e. The first-order valence-corrected chi connectivity index (χ1v) is 7.81. The largest absolute Gasteiger partial charge is 0.361 e. The Hall–Kier alpha value is -1.92. The van der Waals surface area contributed by atoms with E-state index in [9.17, 15) is 8.42 Å². The third-order valence-corrected chi connectivity index (χ3v) is 4.77. The van der Waals surface area contributed by atoms with Crippen LogP contribution in [0.5, 0.6) is 0 Å². The van der Waals surface area contributed by atoms with Crippen LogP contribution in [0.4, 0.5) is 0 Å². The molecule has 0 atom stereocenters. The summed E-state index contributed by atoms with van der Waals surface area (Å²) >= 11 is 0. The van der Waals surface area contributed by atoms with Gasteiger partial charge in [0, 0.05) is 30.5 Å². The molecule has 1 aliphatic rings. The number of aromatic nitrogens is 1. The monoisotopic (exact) mass is 290 g/mol. The molecule has 2 aromatic rings. The zero-order chi connectivity index (χ0) is 14.0. The van der Waals surface area contributed by atoms with Gasteiger partial charge in [0.15, 0.2) is 0 Å². The van der Waals surface area contributed by atoms with Crippen molar-refractivity contribution in [1.29, 1.82) is 0 Å². The predicted molar refractivity (Wildman–Crippen MR) is 75.0 cm³/mol. The summed E-state index contributed by atoms with van der Waals surface area (Å²) in [4.78, 5) is 0. The Balaban J connectivity index is 1.78. The highest BCUT2D eigenvalue weighted by Crippen LogP contribution is 2.21. The number of nitrogens with zero attached hydrogens (tertiary/aromatic N) is 2. The molecule has 0 N–H and O–H groups in total. The number of rotatable bonds is 3. The minimum atomic E-state index is -3.42. The highest BCUT2D eigenvalue weighted by atomic mass is 32.2. The standard InChI is InChI=1S/C14H14N2O3S/c17-20(18,9-7-12-4-2-1-3-5-12)16-8-6-14-13(11-16)10-15-19-14/h1-5,7,9-10H,6,8,11H2/b9-7+. The second-order valence-corrected chi connectivity index (χ2v) is 6.43. The number of sulfonamides is 1. The number of hydrogen-bond acceptors (Lipinski definition) is 4. The fourth-order valence-corrected chi connectivity index (χ4v) is 3.31. The minimum Gasteiger partial charge on any atom is -0.361 e. The molecule has 1 aromatic heterocycles. The average Bonchev–Trinajstić information content (AvgIpc) is 2.94.